The molecule has 1 saturated heterocycles. The number of nitrogens with zero attached hydrogens (tertiary/aromatic N) is 1. The predicted molar refractivity (Wildman–Crippen MR) is 67.1 cm³/mol. The monoisotopic (exact) mass is 271 g/mol. The Hall–Kier alpha value is -1.13. The van der Waals surface area contributed by atoms with Gasteiger partial charge in [-0.1, -0.05) is 17.7 Å². The second-order valence-electron chi connectivity index (χ2n) is 4.67. The summed E-state index contributed by atoms with van der Waals surface area (Å²) in [5, 5.41) is 9.07. The topological polar surface area (TPSA) is 40.5 Å². The number of carbonyl (C=O) groups is 1. The third-order valence-corrected chi connectivity index (χ3v) is 3.83. The van der Waals surface area contributed by atoms with Gasteiger partial charge < -0.3 is 5.11 Å². The Morgan fingerprint density at radius 1 is 1.61 bits per heavy atom. The van der Waals surface area contributed by atoms with Crippen LogP contribution in [0.3, 0.4) is 0 Å². The Morgan fingerprint density at radius 3 is 2.89 bits per heavy atom. The Kier molecular flexibility index (Phi) is 3.88. The molecule has 3 nitrogen and oxygen atoms in total. The van der Waals surface area contributed by atoms with E-state index in [1.807, 2.05) is 6.92 Å². The van der Waals surface area contributed by atoms with Crippen molar-refractivity contribution in [3.05, 3.63) is 34.6 Å². The van der Waals surface area contributed by atoms with Gasteiger partial charge in [-0.05, 0) is 37.6 Å². The molecule has 0 bridgehead atoms. The number of rotatable bonds is 3. The second-order valence-corrected chi connectivity index (χ2v) is 5.08. The van der Waals surface area contributed by atoms with Gasteiger partial charge in [0, 0.05) is 12.6 Å². The molecule has 1 N–H and O–H groups in total. The van der Waals surface area contributed by atoms with E-state index in [0.717, 1.165) is 12.1 Å². The van der Waals surface area contributed by atoms with Crippen LogP contribution >= 0.6 is 11.6 Å². The summed E-state index contributed by atoms with van der Waals surface area (Å²) in [5.41, 5.74) is 0.910. The molecule has 2 atom stereocenters. The second kappa shape index (κ2) is 5.24. The fourth-order valence-corrected chi connectivity index (χ4v) is 2.51. The molecule has 18 heavy (non-hydrogen) atoms. The summed E-state index contributed by atoms with van der Waals surface area (Å²) >= 11 is 5.76. The Labute approximate surface area is 110 Å². The zero-order valence-corrected chi connectivity index (χ0v) is 10.8. The lowest BCUT2D eigenvalue weighted by atomic mass is 10.1. The number of hydrogen-bond acceptors (Lipinski definition) is 2. The maximum atomic E-state index is 13.1. The highest BCUT2D eigenvalue weighted by molar-refractivity contribution is 6.30. The van der Waals surface area contributed by atoms with Gasteiger partial charge in [-0.3, -0.25) is 9.69 Å². The molecule has 1 aromatic rings. The molecule has 98 valence electrons. The maximum absolute atomic E-state index is 13.1. The average Bonchev–Trinajstić information content (AvgIpc) is 2.81. The summed E-state index contributed by atoms with van der Waals surface area (Å²) < 4.78 is 13.1. The molecule has 1 heterocycles. The smallest absolute Gasteiger partial charge is 0.307 e. The summed E-state index contributed by atoms with van der Waals surface area (Å²) in [6.45, 7) is 3.26. The fourth-order valence-electron chi connectivity index (χ4n) is 2.32. The molecule has 2 rings (SSSR count). The normalized spacial score (nSPS) is 22.1. The third kappa shape index (κ3) is 2.65. The lowest BCUT2D eigenvalue weighted by molar-refractivity contribution is -0.141. The van der Waals surface area contributed by atoms with Crippen LogP contribution in [0.25, 0.3) is 0 Å². The van der Waals surface area contributed by atoms with E-state index in [9.17, 15) is 9.18 Å². The van der Waals surface area contributed by atoms with E-state index in [1.165, 1.54) is 6.07 Å². The summed E-state index contributed by atoms with van der Waals surface area (Å²) in [6.07, 6.45) is 0.661. The van der Waals surface area contributed by atoms with Crippen LogP contribution in [0.1, 0.15) is 24.9 Å². The number of aliphatic carboxylic acids is 1. The van der Waals surface area contributed by atoms with E-state index in [4.69, 9.17) is 16.7 Å². The van der Waals surface area contributed by atoms with Crippen LogP contribution in [-0.2, 0) is 4.79 Å². The zero-order chi connectivity index (χ0) is 13.3. The summed E-state index contributed by atoms with van der Waals surface area (Å²) in [4.78, 5) is 13.0. The Bertz CT molecular complexity index is 466. The van der Waals surface area contributed by atoms with E-state index < -0.39 is 11.8 Å². The van der Waals surface area contributed by atoms with E-state index >= 15 is 0 Å². The molecule has 1 aliphatic heterocycles. The Balaban J connectivity index is 2.10. The largest absolute Gasteiger partial charge is 0.481 e. The minimum atomic E-state index is -0.748. The third-order valence-electron chi connectivity index (χ3n) is 3.54. The van der Waals surface area contributed by atoms with Gasteiger partial charge in [-0.25, -0.2) is 4.39 Å². The van der Waals surface area contributed by atoms with E-state index in [1.54, 1.807) is 12.1 Å². The minimum absolute atomic E-state index is 0.0486. The molecule has 0 spiro atoms. The molecule has 0 saturated carbocycles. The van der Waals surface area contributed by atoms with Crippen molar-refractivity contribution >= 4 is 17.6 Å². The van der Waals surface area contributed by atoms with Gasteiger partial charge in [0.05, 0.1) is 10.9 Å². The molecule has 0 radical (unpaired) electrons. The Morgan fingerprint density at radius 2 is 2.33 bits per heavy atom. The number of hydrogen-bond donors (Lipinski definition) is 1. The van der Waals surface area contributed by atoms with E-state index in [-0.39, 0.29) is 17.0 Å². The first kappa shape index (κ1) is 13.3. The van der Waals surface area contributed by atoms with Crippen molar-refractivity contribution in [3.8, 4) is 0 Å². The first-order valence-corrected chi connectivity index (χ1v) is 6.28. The van der Waals surface area contributed by atoms with Gasteiger partial charge in [0.15, 0.2) is 0 Å². The van der Waals surface area contributed by atoms with Gasteiger partial charge >= 0.3 is 5.97 Å². The molecule has 1 fully saturated rings. The van der Waals surface area contributed by atoms with Gasteiger partial charge in [0.2, 0.25) is 0 Å². The van der Waals surface area contributed by atoms with Crippen molar-refractivity contribution in [2.45, 2.75) is 19.4 Å². The molecule has 2 unspecified atom stereocenters. The van der Waals surface area contributed by atoms with Crippen LogP contribution in [0.4, 0.5) is 4.39 Å². The summed E-state index contributed by atoms with van der Waals surface area (Å²) in [7, 11) is 0. The minimum Gasteiger partial charge on any atom is -0.481 e. The quantitative estimate of drug-likeness (QED) is 0.919. The summed E-state index contributed by atoms with van der Waals surface area (Å²) in [5.74, 6) is -1.48. The zero-order valence-electron chi connectivity index (χ0n) is 10.1. The van der Waals surface area contributed by atoms with Gasteiger partial charge in [-0.2, -0.15) is 0 Å². The van der Waals surface area contributed by atoms with Gasteiger partial charge in [-0.15, -0.1) is 0 Å². The molecule has 5 heteroatoms. The highest BCUT2D eigenvalue weighted by Gasteiger charge is 2.31. The molecule has 0 amide bonds. The van der Waals surface area contributed by atoms with E-state index in [2.05, 4.69) is 4.90 Å². The van der Waals surface area contributed by atoms with Crippen molar-refractivity contribution < 1.29 is 14.3 Å². The SMILES string of the molecule is CC(c1ccc(F)c(Cl)c1)N1CCC(C(=O)O)C1. The molecule has 0 aromatic heterocycles. The van der Waals surface area contributed by atoms with Crippen LogP contribution in [-0.4, -0.2) is 29.1 Å². The molecule has 0 aliphatic carbocycles. The van der Waals surface area contributed by atoms with Crippen molar-refractivity contribution in [3.63, 3.8) is 0 Å². The number of likely N-dealkylation sites (tertiary alicyclic amines) is 1. The van der Waals surface area contributed by atoms with Gasteiger partial charge in [0.1, 0.15) is 5.82 Å². The molecule has 1 aromatic carbocycles. The highest BCUT2D eigenvalue weighted by Crippen LogP contribution is 2.29. The lowest BCUT2D eigenvalue weighted by Gasteiger charge is -2.24. The van der Waals surface area contributed by atoms with E-state index in [0.29, 0.717) is 13.0 Å². The van der Waals surface area contributed by atoms with Crippen LogP contribution in [0.5, 0.6) is 0 Å². The number of benzene rings is 1. The average molecular weight is 272 g/mol. The van der Waals surface area contributed by atoms with Crippen molar-refractivity contribution in [1.82, 2.24) is 4.90 Å². The number of carboxylic acid groups (broad SMARTS) is 1. The molecule has 1 aliphatic rings. The maximum Gasteiger partial charge on any atom is 0.307 e. The molecular formula is C13H15ClFNO2. The van der Waals surface area contributed by atoms with Crippen molar-refractivity contribution in [2.24, 2.45) is 5.92 Å². The fraction of sp³-hybridized carbons (Fsp3) is 0.462. The van der Waals surface area contributed by atoms with Crippen LogP contribution < -0.4 is 0 Å². The van der Waals surface area contributed by atoms with Crippen LogP contribution in [0.15, 0.2) is 18.2 Å². The van der Waals surface area contributed by atoms with Crippen molar-refractivity contribution in [2.75, 3.05) is 13.1 Å². The molecular weight excluding hydrogens is 257 g/mol. The summed E-state index contributed by atoms with van der Waals surface area (Å²) in [6, 6.07) is 4.70. The number of carboxylic acids is 1. The van der Waals surface area contributed by atoms with Crippen LogP contribution in [0, 0.1) is 11.7 Å². The van der Waals surface area contributed by atoms with Gasteiger partial charge in [0.25, 0.3) is 0 Å². The predicted octanol–water partition coefficient (Wildman–Crippen LogP) is 2.95. The number of halogens is 2. The van der Waals surface area contributed by atoms with Crippen molar-refractivity contribution in [1.29, 1.82) is 0 Å². The highest BCUT2D eigenvalue weighted by atomic mass is 35.5. The lowest BCUT2D eigenvalue weighted by Crippen LogP contribution is -2.26. The van der Waals surface area contributed by atoms with Crippen LogP contribution in [0.2, 0.25) is 5.02 Å². The first-order chi connectivity index (χ1) is 8.49. The first-order valence-electron chi connectivity index (χ1n) is 5.91. The standard InChI is InChI=1S/C13H15ClFNO2/c1-8(9-2-3-12(15)11(14)6-9)16-5-4-10(7-16)13(17)18/h2-3,6,8,10H,4-5,7H2,1H3,(H,17,18).